The number of hydrogen-bond donors (Lipinski definition) is 1. The second-order valence-corrected chi connectivity index (χ2v) is 3.29. The summed E-state index contributed by atoms with van der Waals surface area (Å²) in [5, 5.41) is 19.7. The minimum absolute atomic E-state index is 0.165. The molecule has 0 fully saturated rings. The number of carbonyl (C=O) groups excluding carboxylic acids is 1. The van der Waals surface area contributed by atoms with Crippen molar-refractivity contribution in [3.8, 4) is 0 Å². The lowest BCUT2D eigenvalue weighted by Crippen LogP contribution is -2.24. The van der Waals surface area contributed by atoms with Crippen LogP contribution < -0.4 is 0 Å². The van der Waals surface area contributed by atoms with Crippen LogP contribution in [0.3, 0.4) is 0 Å². The molecule has 1 unspecified atom stereocenters. The fourth-order valence-corrected chi connectivity index (χ4v) is 1.27. The van der Waals surface area contributed by atoms with Crippen LogP contribution >= 0.6 is 0 Å². The van der Waals surface area contributed by atoms with Gasteiger partial charge in [0.25, 0.3) is 0 Å². The first-order valence-corrected chi connectivity index (χ1v) is 4.64. The summed E-state index contributed by atoms with van der Waals surface area (Å²) in [7, 11) is 1.11. The van der Waals surface area contributed by atoms with Crippen molar-refractivity contribution in [1.29, 1.82) is 0 Å². The van der Waals surface area contributed by atoms with Crippen molar-refractivity contribution in [2.45, 2.75) is 12.5 Å². The molecule has 0 heterocycles. The Balaban J connectivity index is 2.84. The summed E-state index contributed by atoms with van der Waals surface area (Å²) in [5.41, 5.74) is -0.382. The normalized spacial score (nSPS) is 11.9. The summed E-state index contributed by atoms with van der Waals surface area (Å²) in [6.45, 7) is 0. The van der Waals surface area contributed by atoms with E-state index >= 15 is 0 Å². The maximum Gasteiger partial charge on any atom is 0.335 e. The molecule has 6 nitrogen and oxygen atoms in total. The number of nitro benzene ring substituents is 1. The lowest BCUT2D eigenvalue weighted by Gasteiger charge is -2.08. The Morgan fingerprint density at radius 2 is 2.29 bits per heavy atom. The van der Waals surface area contributed by atoms with Crippen LogP contribution in [0.15, 0.2) is 18.2 Å². The molecule has 0 aliphatic carbocycles. The quantitative estimate of drug-likeness (QED) is 0.480. The predicted octanol–water partition coefficient (Wildman–Crippen LogP) is 0.810. The Morgan fingerprint density at radius 3 is 2.76 bits per heavy atom. The topological polar surface area (TPSA) is 89.7 Å². The number of aliphatic hydroxyl groups excluding tert-OH is 1. The molecule has 1 atom stereocenters. The first-order valence-electron chi connectivity index (χ1n) is 4.64. The zero-order valence-corrected chi connectivity index (χ0v) is 8.92. The summed E-state index contributed by atoms with van der Waals surface area (Å²) in [5.74, 6) is -1.85. The van der Waals surface area contributed by atoms with Crippen LogP contribution in [-0.4, -0.2) is 29.2 Å². The van der Waals surface area contributed by atoms with E-state index in [1.54, 1.807) is 0 Å². The van der Waals surface area contributed by atoms with E-state index in [4.69, 9.17) is 0 Å². The van der Waals surface area contributed by atoms with Gasteiger partial charge in [0.05, 0.1) is 12.0 Å². The summed E-state index contributed by atoms with van der Waals surface area (Å²) in [6.07, 6.45) is -1.58. The Kier molecular flexibility index (Phi) is 4.11. The van der Waals surface area contributed by atoms with E-state index in [-0.39, 0.29) is 12.0 Å². The molecular weight excluding hydrogens is 233 g/mol. The highest BCUT2D eigenvalue weighted by Crippen LogP contribution is 2.18. The monoisotopic (exact) mass is 243 g/mol. The molecule has 0 aromatic heterocycles. The number of rotatable bonds is 4. The van der Waals surface area contributed by atoms with Crippen LogP contribution in [0.4, 0.5) is 10.1 Å². The molecule has 0 amide bonds. The van der Waals surface area contributed by atoms with Crippen LogP contribution in [0.25, 0.3) is 0 Å². The number of ether oxygens (including phenoxy) is 1. The summed E-state index contributed by atoms with van der Waals surface area (Å²) in [6, 6.07) is 3.16. The molecule has 0 aliphatic heterocycles. The number of halogens is 1. The number of carbonyl (C=O) groups is 1. The standard InChI is InChI=1S/C10H10FNO5/c1-17-10(14)9(13)5-6-2-3-8(12(15)16)7(11)4-6/h2-4,9,13H,5H2,1H3. The van der Waals surface area contributed by atoms with E-state index in [0.29, 0.717) is 0 Å². The van der Waals surface area contributed by atoms with Crippen LogP contribution in [0, 0.1) is 15.9 Å². The van der Waals surface area contributed by atoms with Crippen molar-refractivity contribution in [3.63, 3.8) is 0 Å². The lowest BCUT2D eigenvalue weighted by atomic mass is 10.1. The second-order valence-electron chi connectivity index (χ2n) is 3.29. The molecule has 17 heavy (non-hydrogen) atoms. The second kappa shape index (κ2) is 5.35. The molecule has 1 aromatic rings. The fourth-order valence-electron chi connectivity index (χ4n) is 1.27. The molecule has 0 spiro atoms. The fraction of sp³-hybridized carbons (Fsp3) is 0.300. The van der Waals surface area contributed by atoms with Crippen molar-refractivity contribution < 1.29 is 24.0 Å². The van der Waals surface area contributed by atoms with Crippen molar-refractivity contribution in [1.82, 2.24) is 0 Å². The summed E-state index contributed by atoms with van der Waals surface area (Å²) in [4.78, 5) is 20.4. The number of nitro groups is 1. The van der Waals surface area contributed by atoms with Crippen molar-refractivity contribution >= 4 is 11.7 Å². The zero-order chi connectivity index (χ0) is 13.0. The Morgan fingerprint density at radius 1 is 1.65 bits per heavy atom. The van der Waals surface area contributed by atoms with Gasteiger partial charge in [-0.1, -0.05) is 6.07 Å². The zero-order valence-electron chi connectivity index (χ0n) is 8.92. The van der Waals surface area contributed by atoms with Crippen molar-refractivity contribution in [2.75, 3.05) is 7.11 Å². The molecule has 7 heteroatoms. The van der Waals surface area contributed by atoms with Gasteiger partial charge in [0.2, 0.25) is 5.82 Å². The van der Waals surface area contributed by atoms with Crippen LogP contribution in [0.5, 0.6) is 0 Å². The van der Waals surface area contributed by atoms with Gasteiger partial charge in [-0.15, -0.1) is 0 Å². The molecule has 1 aromatic carbocycles. The maximum absolute atomic E-state index is 13.2. The van der Waals surface area contributed by atoms with Gasteiger partial charge in [0, 0.05) is 12.5 Å². The molecular formula is C10H10FNO5. The largest absolute Gasteiger partial charge is 0.467 e. The molecule has 0 bridgehead atoms. The van der Waals surface area contributed by atoms with Crippen molar-refractivity contribution in [3.05, 3.63) is 39.7 Å². The number of aliphatic hydroxyl groups is 1. The number of esters is 1. The Labute approximate surface area is 95.8 Å². The lowest BCUT2D eigenvalue weighted by molar-refractivity contribution is -0.387. The molecule has 0 radical (unpaired) electrons. The molecule has 0 aliphatic rings. The molecule has 1 N–H and O–H groups in total. The van der Waals surface area contributed by atoms with Gasteiger partial charge in [-0.3, -0.25) is 10.1 Å². The van der Waals surface area contributed by atoms with Gasteiger partial charge in [-0.2, -0.15) is 4.39 Å². The van der Waals surface area contributed by atoms with E-state index in [2.05, 4.69) is 4.74 Å². The van der Waals surface area contributed by atoms with Crippen LogP contribution in [0.1, 0.15) is 5.56 Å². The van der Waals surface area contributed by atoms with Gasteiger partial charge >= 0.3 is 11.7 Å². The highest BCUT2D eigenvalue weighted by molar-refractivity contribution is 5.74. The Hall–Kier alpha value is -2.02. The van der Waals surface area contributed by atoms with Gasteiger partial charge < -0.3 is 9.84 Å². The highest BCUT2D eigenvalue weighted by atomic mass is 19.1. The van der Waals surface area contributed by atoms with E-state index in [1.165, 1.54) is 6.07 Å². The maximum atomic E-state index is 13.2. The molecule has 92 valence electrons. The van der Waals surface area contributed by atoms with E-state index < -0.39 is 28.5 Å². The average Bonchev–Trinajstić information content (AvgIpc) is 2.27. The van der Waals surface area contributed by atoms with Gasteiger partial charge in [0.15, 0.2) is 6.10 Å². The summed E-state index contributed by atoms with van der Waals surface area (Å²) >= 11 is 0. The predicted molar refractivity (Wildman–Crippen MR) is 54.8 cm³/mol. The SMILES string of the molecule is COC(=O)C(O)Cc1ccc([N+](=O)[O-])c(F)c1. The first kappa shape index (κ1) is 13.0. The van der Waals surface area contributed by atoms with Gasteiger partial charge in [0.1, 0.15) is 0 Å². The number of hydrogen-bond acceptors (Lipinski definition) is 5. The third-order valence-electron chi connectivity index (χ3n) is 2.11. The first-order chi connectivity index (χ1) is 7.95. The highest BCUT2D eigenvalue weighted by Gasteiger charge is 2.19. The molecule has 0 saturated heterocycles. The number of methoxy groups -OCH3 is 1. The van der Waals surface area contributed by atoms with Gasteiger partial charge in [-0.05, 0) is 11.6 Å². The molecule has 0 saturated carbocycles. The van der Waals surface area contributed by atoms with Crippen LogP contribution in [-0.2, 0) is 16.0 Å². The molecule has 1 rings (SSSR count). The number of benzene rings is 1. The van der Waals surface area contributed by atoms with E-state index in [0.717, 1.165) is 19.2 Å². The number of nitrogens with zero attached hydrogens (tertiary/aromatic N) is 1. The summed E-state index contributed by atoms with van der Waals surface area (Å²) < 4.78 is 17.5. The van der Waals surface area contributed by atoms with Crippen LogP contribution in [0.2, 0.25) is 0 Å². The van der Waals surface area contributed by atoms with E-state index in [9.17, 15) is 24.4 Å². The van der Waals surface area contributed by atoms with Gasteiger partial charge in [-0.25, -0.2) is 4.79 Å². The third-order valence-corrected chi connectivity index (χ3v) is 2.11. The smallest absolute Gasteiger partial charge is 0.335 e. The average molecular weight is 243 g/mol. The minimum Gasteiger partial charge on any atom is -0.467 e. The van der Waals surface area contributed by atoms with E-state index in [1.807, 2.05) is 0 Å². The minimum atomic E-state index is -1.42. The Bertz CT molecular complexity index is 448. The third kappa shape index (κ3) is 3.22. The van der Waals surface area contributed by atoms with Crippen molar-refractivity contribution in [2.24, 2.45) is 0 Å².